The molecule has 0 unspecified atom stereocenters. The summed E-state index contributed by atoms with van der Waals surface area (Å²) in [4.78, 5) is 10.2. The molecule has 1 aromatic rings. The number of carboxylic acid groups (broad SMARTS) is 1. The topological polar surface area (TPSA) is 46.5 Å². The molecule has 1 rings (SSSR count). The van der Waals surface area contributed by atoms with E-state index in [9.17, 15) is 13.6 Å². The lowest BCUT2D eigenvalue weighted by Gasteiger charge is -2.19. The first kappa shape index (κ1) is 14.9. The monoisotopic (exact) mass is 278 g/mol. The standard InChI is InChI=1S/C12H13ClF2O3/c1-7-4-10(13)8(2)3-9(7)12(14,15)6-18-5-11(16)17/h3-4H,5-6H2,1-2H3,(H,16,17). The maximum atomic E-state index is 13.8. The van der Waals surface area contributed by atoms with Gasteiger partial charge in [-0.1, -0.05) is 11.6 Å². The van der Waals surface area contributed by atoms with E-state index in [4.69, 9.17) is 16.7 Å². The zero-order valence-corrected chi connectivity index (χ0v) is 10.7. The van der Waals surface area contributed by atoms with Gasteiger partial charge >= 0.3 is 5.97 Å². The number of alkyl halides is 2. The quantitative estimate of drug-likeness (QED) is 0.900. The van der Waals surface area contributed by atoms with Crippen LogP contribution in [0.2, 0.25) is 5.02 Å². The molecule has 0 fully saturated rings. The molecule has 0 aliphatic carbocycles. The third kappa shape index (κ3) is 3.65. The van der Waals surface area contributed by atoms with E-state index in [1.165, 1.54) is 19.1 Å². The summed E-state index contributed by atoms with van der Waals surface area (Å²) >= 11 is 5.83. The summed E-state index contributed by atoms with van der Waals surface area (Å²) in [5, 5.41) is 8.74. The molecule has 0 saturated heterocycles. The molecule has 0 saturated carbocycles. The molecule has 1 N–H and O–H groups in total. The molecule has 100 valence electrons. The Hall–Kier alpha value is -1.20. The minimum Gasteiger partial charge on any atom is -0.480 e. The van der Waals surface area contributed by atoms with Crippen molar-refractivity contribution in [1.82, 2.24) is 0 Å². The molecule has 0 aromatic heterocycles. The van der Waals surface area contributed by atoms with Gasteiger partial charge in [-0.15, -0.1) is 0 Å². The Bertz CT molecular complexity index is 461. The lowest BCUT2D eigenvalue weighted by molar-refractivity contribution is -0.147. The van der Waals surface area contributed by atoms with Crippen molar-refractivity contribution < 1.29 is 23.4 Å². The maximum Gasteiger partial charge on any atom is 0.329 e. The van der Waals surface area contributed by atoms with Gasteiger partial charge in [-0.05, 0) is 37.1 Å². The number of carboxylic acids is 1. The first-order chi connectivity index (χ1) is 8.24. The Kier molecular flexibility index (Phi) is 4.65. The second-order valence-corrected chi connectivity index (χ2v) is 4.41. The fourth-order valence-corrected chi connectivity index (χ4v) is 1.74. The number of aryl methyl sites for hydroxylation is 2. The zero-order chi connectivity index (χ0) is 13.9. The number of halogens is 3. The van der Waals surface area contributed by atoms with E-state index in [1.54, 1.807) is 6.92 Å². The highest BCUT2D eigenvalue weighted by atomic mass is 35.5. The Labute approximate surface area is 108 Å². The fourth-order valence-electron chi connectivity index (χ4n) is 1.52. The van der Waals surface area contributed by atoms with E-state index in [1.807, 2.05) is 0 Å². The number of hydrogen-bond acceptors (Lipinski definition) is 2. The maximum absolute atomic E-state index is 13.8. The minimum atomic E-state index is -3.24. The fraction of sp³-hybridized carbons (Fsp3) is 0.417. The largest absolute Gasteiger partial charge is 0.480 e. The predicted octanol–water partition coefficient (Wildman–Crippen LogP) is 3.15. The molecule has 0 aliphatic heterocycles. The van der Waals surface area contributed by atoms with Crippen molar-refractivity contribution in [2.45, 2.75) is 19.8 Å². The van der Waals surface area contributed by atoms with Crippen molar-refractivity contribution >= 4 is 17.6 Å². The van der Waals surface area contributed by atoms with Crippen molar-refractivity contribution in [3.63, 3.8) is 0 Å². The van der Waals surface area contributed by atoms with Crippen molar-refractivity contribution in [3.8, 4) is 0 Å². The van der Waals surface area contributed by atoms with Gasteiger partial charge in [0.1, 0.15) is 13.2 Å². The molecule has 0 amide bonds. The highest BCUT2D eigenvalue weighted by molar-refractivity contribution is 6.31. The van der Waals surface area contributed by atoms with E-state index in [-0.39, 0.29) is 5.56 Å². The predicted molar refractivity (Wildman–Crippen MR) is 63.3 cm³/mol. The number of ether oxygens (including phenoxy) is 1. The summed E-state index contributed by atoms with van der Waals surface area (Å²) in [6.45, 7) is 1.42. The third-order valence-corrected chi connectivity index (χ3v) is 2.82. The third-order valence-electron chi connectivity index (χ3n) is 2.41. The van der Waals surface area contributed by atoms with Crippen molar-refractivity contribution in [1.29, 1.82) is 0 Å². The number of aliphatic carboxylic acids is 1. The van der Waals surface area contributed by atoms with Crippen molar-refractivity contribution in [2.24, 2.45) is 0 Å². The lowest BCUT2D eigenvalue weighted by atomic mass is 10.0. The summed E-state index contributed by atoms with van der Waals surface area (Å²) in [6, 6.07) is 2.75. The summed E-state index contributed by atoms with van der Waals surface area (Å²) in [5.74, 6) is -4.52. The van der Waals surface area contributed by atoms with Crippen LogP contribution < -0.4 is 0 Å². The normalized spacial score (nSPS) is 11.6. The molecule has 18 heavy (non-hydrogen) atoms. The Morgan fingerprint density at radius 3 is 2.56 bits per heavy atom. The van der Waals surface area contributed by atoms with Crippen LogP contribution >= 0.6 is 11.6 Å². The SMILES string of the molecule is Cc1cc(C(F)(F)COCC(=O)O)c(C)cc1Cl. The van der Waals surface area contributed by atoms with Crippen molar-refractivity contribution in [3.05, 3.63) is 33.8 Å². The second-order valence-electron chi connectivity index (χ2n) is 4.01. The molecule has 0 bridgehead atoms. The average Bonchev–Trinajstić information content (AvgIpc) is 2.22. The second kappa shape index (κ2) is 5.63. The van der Waals surface area contributed by atoms with Crippen molar-refractivity contribution in [2.75, 3.05) is 13.2 Å². The van der Waals surface area contributed by atoms with Crippen LogP contribution in [0.4, 0.5) is 8.78 Å². The van der Waals surface area contributed by atoms with Crippen LogP contribution in [0.15, 0.2) is 12.1 Å². The molecule has 0 spiro atoms. The minimum absolute atomic E-state index is 0.199. The first-order valence-corrected chi connectivity index (χ1v) is 5.56. The number of hydrogen-bond donors (Lipinski definition) is 1. The molecule has 0 radical (unpaired) electrons. The highest BCUT2D eigenvalue weighted by Gasteiger charge is 2.34. The molecule has 3 nitrogen and oxygen atoms in total. The van der Waals surface area contributed by atoms with Gasteiger partial charge in [0.25, 0.3) is 5.92 Å². The summed E-state index contributed by atoms with van der Waals surface area (Å²) in [6.07, 6.45) is 0. The Balaban J connectivity index is 2.90. The van der Waals surface area contributed by atoms with Crippen LogP contribution in [0.3, 0.4) is 0 Å². The zero-order valence-electron chi connectivity index (χ0n) is 9.97. The Morgan fingerprint density at radius 2 is 2.00 bits per heavy atom. The van der Waals surface area contributed by atoms with Gasteiger partial charge in [0, 0.05) is 10.6 Å². The highest BCUT2D eigenvalue weighted by Crippen LogP contribution is 2.33. The lowest BCUT2D eigenvalue weighted by Crippen LogP contribution is -2.24. The molecule has 0 aliphatic rings. The smallest absolute Gasteiger partial charge is 0.329 e. The summed E-state index contributed by atoms with van der Waals surface area (Å²) < 4.78 is 32.1. The molecular formula is C12H13ClF2O3. The molecular weight excluding hydrogens is 266 g/mol. The van der Waals surface area contributed by atoms with Crippen LogP contribution in [0.5, 0.6) is 0 Å². The molecule has 1 aromatic carbocycles. The van der Waals surface area contributed by atoms with Gasteiger partial charge in [-0.25, -0.2) is 4.79 Å². The number of rotatable bonds is 5. The van der Waals surface area contributed by atoms with Crippen LogP contribution in [-0.4, -0.2) is 24.3 Å². The number of benzene rings is 1. The van der Waals surface area contributed by atoms with E-state index >= 15 is 0 Å². The van der Waals surface area contributed by atoms with E-state index < -0.39 is 25.1 Å². The van der Waals surface area contributed by atoms with Crippen LogP contribution in [0, 0.1) is 13.8 Å². The van der Waals surface area contributed by atoms with E-state index in [0.717, 1.165) is 0 Å². The van der Waals surface area contributed by atoms with Gasteiger partial charge < -0.3 is 9.84 Å². The van der Waals surface area contributed by atoms with Gasteiger partial charge in [-0.3, -0.25) is 0 Å². The van der Waals surface area contributed by atoms with Crippen LogP contribution in [-0.2, 0) is 15.5 Å². The van der Waals surface area contributed by atoms with Gasteiger partial charge in [-0.2, -0.15) is 8.78 Å². The molecule has 6 heteroatoms. The van der Waals surface area contributed by atoms with Gasteiger partial charge in [0.15, 0.2) is 0 Å². The van der Waals surface area contributed by atoms with Gasteiger partial charge in [0.2, 0.25) is 0 Å². The first-order valence-electron chi connectivity index (χ1n) is 5.18. The molecule has 0 heterocycles. The van der Waals surface area contributed by atoms with E-state index in [2.05, 4.69) is 4.74 Å². The molecule has 0 atom stereocenters. The summed E-state index contributed by atoms with van der Waals surface area (Å²) in [5.41, 5.74) is 0.680. The average molecular weight is 279 g/mol. The van der Waals surface area contributed by atoms with E-state index in [0.29, 0.717) is 16.1 Å². The Morgan fingerprint density at radius 1 is 1.39 bits per heavy atom. The number of carbonyl (C=O) groups is 1. The van der Waals surface area contributed by atoms with Crippen LogP contribution in [0.1, 0.15) is 16.7 Å². The summed E-state index contributed by atoms with van der Waals surface area (Å²) in [7, 11) is 0. The van der Waals surface area contributed by atoms with Gasteiger partial charge in [0.05, 0.1) is 0 Å². The van der Waals surface area contributed by atoms with Crippen LogP contribution in [0.25, 0.3) is 0 Å².